The van der Waals surface area contributed by atoms with Gasteiger partial charge in [0.25, 0.3) is 5.91 Å². The van der Waals surface area contributed by atoms with Crippen molar-refractivity contribution in [1.82, 2.24) is 0 Å². The molecule has 0 aromatic heterocycles. The number of ether oxygens (including phenoxy) is 1. The number of nitrogens with zero attached hydrogens (tertiary/aromatic N) is 1. The molecule has 4 rings (SSSR count). The van der Waals surface area contributed by atoms with Crippen LogP contribution in [-0.4, -0.2) is 58.4 Å². The van der Waals surface area contributed by atoms with Crippen LogP contribution >= 0.6 is 0 Å². The number of hydroxylamine groups is 3. The molecular formula is C24H33N3O6. The highest BCUT2D eigenvalue weighted by atomic mass is 16.6. The van der Waals surface area contributed by atoms with Gasteiger partial charge in [0.1, 0.15) is 0 Å². The van der Waals surface area contributed by atoms with Crippen molar-refractivity contribution >= 4 is 29.2 Å². The van der Waals surface area contributed by atoms with Crippen molar-refractivity contribution in [3.63, 3.8) is 0 Å². The normalized spacial score (nSPS) is 34.5. The highest BCUT2D eigenvalue weighted by molar-refractivity contribution is 5.93. The molecule has 1 aromatic rings. The molecule has 3 fully saturated rings. The van der Waals surface area contributed by atoms with Crippen LogP contribution in [0.5, 0.6) is 0 Å². The lowest BCUT2D eigenvalue weighted by molar-refractivity contribution is -0.913. The summed E-state index contributed by atoms with van der Waals surface area (Å²) in [4.78, 5) is 35.2. The van der Waals surface area contributed by atoms with Gasteiger partial charge in [-0.2, -0.15) is 0 Å². The molecule has 1 aromatic carbocycles. The number of carboxylic acid groups (broad SMARTS) is 1. The Bertz CT molecular complexity index is 937. The quantitative estimate of drug-likeness (QED) is 0.311. The Labute approximate surface area is 193 Å². The second-order valence-corrected chi connectivity index (χ2v) is 10.2. The largest absolute Gasteiger partial charge is 0.632 e. The number of likely N-dealkylation sites (tertiary alicyclic amines) is 1. The zero-order valence-electron chi connectivity index (χ0n) is 19.3. The monoisotopic (exact) mass is 459 g/mol. The van der Waals surface area contributed by atoms with E-state index in [2.05, 4.69) is 24.5 Å². The second kappa shape index (κ2) is 8.70. The van der Waals surface area contributed by atoms with Gasteiger partial charge < -0.3 is 30.3 Å². The molecule has 33 heavy (non-hydrogen) atoms. The van der Waals surface area contributed by atoms with E-state index in [1.165, 1.54) is 0 Å². The third-order valence-electron chi connectivity index (χ3n) is 7.64. The van der Waals surface area contributed by atoms with Crippen molar-refractivity contribution in [1.29, 1.82) is 0 Å². The lowest BCUT2D eigenvalue weighted by Gasteiger charge is -2.59. The number of carboxylic acids is 1. The van der Waals surface area contributed by atoms with Crippen LogP contribution < -0.4 is 10.6 Å². The van der Waals surface area contributed by atoms with Crippen LogP contribution in [0.25, 0.3) is 0 Å². The molecule has 180 valence electrons. The van der Waals surface area contributed by atoms with Crippen LogP contribution in [0, 0.1) is 10.6 Å². The number of rotatable bonds is 8. The van der Waals surface area contributed by atoms with E-state index < -0.39 is 10.6 Å². The lowest BCUT2D eigenvalue weighted by atomic mass is 9.63. The van der Waals surface area contributed by atoms with Crippen LogP contribution in [0.3, 0.4) is 0 Å². The molecule has 9 nitrogen and oxygen atoms in total. The zero-order chi connectivity index (χ0) is 23.9. The number of hydrogen-bond donors (Lipinski definition) is 3. The molecule has 0 bridgehead atoms. The van der Waals surface area contributed by atoms with Gasteiger partial charge >= 0.3 is 5.97 Å². The van der Waals surface area contributed by atoms with Crippen LogP contribution in [0.15, 0.2) is 24.3 Å². The molecule has 3 N–H and O–H groups in total. The van der Waals surface area contributed by atoms with Gasteiger partial charge in [0.15, 0.2) is 6.54 Å². The number of benzene rings is 1. The average molecular weight is 460 g/mol. The molecule has 2 heterocycles. The van der Waals surface area contributed by atoms with Gasteiger partial charge in [-0.05, 0) is 56.9 Å². The Morgan fingerprint density at radius 1 is 1.09 bits per heavy atom. The van der Waals surface area contributed by atoms with E-state index in [-0.39, 0.29) is 60.8 Å². The number of carbonyl (C=O) groups excluding carboxylic acids is 2. The maximum absolute atomic E-state index is 13.8. The van der Waals surface area contributed by atoms with E-state index in [1.807, 2.05) is 0 Å². The van der Waals surface area contributed by atoms with Crippen molar-refractivity contribution in [3.8, 4) is 0 Å². The standard InChI is InChI=1S/C24H33N3O6/c1-23-12-4-14-27(32,18(23)11-13-24(2)22(23)33-24)15-20(29)26-17-9-7-16(8-10-17)25-19(28)5-3-6-21(30)31/h7-10,18,22H,3-6,11-15H2,1-2H3,(H,25,28)(H,26,29)(H,30,31)/t18-,22?,23+,24-,27?/m1/s1. The van der Waals surface area contributed by atoms with Crippen LogP contribution in [0.4, 0.5) is 11.4 Å². The number of nitrogens with one attached hydrogen (secondary N) is 2. The Balaban J connectivity index is 1.31. The van der Waals surface area contributed by atoms with E-state index >= 15 is 0 Å². The molecule has 5 atom stereocenters. The van der Waals surface area contributed by atoms with E-state index in [9.17, 15) is 19.6 Å². The number of hydrogen-bond acceptors (Lipinski definition) is 5. The fraction of sp³-hybridized carbons (Fsp3) is 0.625. The second-order valence-electron chi connectivity index (χ2n) is 10.2. The minimum atomic E-state index is -0.929. The SMILES string of the molecule is C[C@@]12CC[C@@H]3[C@](C)(CCC[N+]3([O-])CC(=O)Nc3ccc(NC(=O)CCCC(=O)O)cc3)C1O2. The van der Waals surface area contributed by atoms with Crippen LogP contribution in [0.2, 0.25) is 0 Å². The smallest absolute Gasteiger partial charge is 0.303 e. The topological polar surface area (TPSA) is 131 Å². The zero-order valence-corrected chi connectivity index (χ0v) is 19.3. The molecule has 9 heteroatoms. The number of quaternary nitrogens is 1. The summed E-state index contributed by atoms with van der Waals surface area (Å²) in [7, 11) is 0. The minimum absolute atomic E-state index is 0.0505. The minimum Gasteiger partial charge on any atom is -0.632 e. The average Bonchev–Trinajstić information content (AvgIpc) is 3.42. The van der Waals surface area contributed by atoms with E-state index in [4.69, 9.17) is 9.84 Å². The number of aliphatic carboxylic acids is 1. The first-order chi connectivity index (χ1) is 15.5. The highest BCUT2D eigenvalue weighted by Gasteiger charge is 2.70. The summed E-state index contributed by atoms with van der Waals surface area (Å²) >= 11 is 0. The number of anilines is 2. The number of piperidine rings is 1. The maximum Gasteiger partial charge on any atom is 0.303 e. The van der Waals surface area contributed by atoms with Gasteiger partial charge in [0.05, 0.1) is 24.3 Å². The number of fused-ring (bicyclic) bond motifs is 3. The summed E-state index contributed by atoms with van der Waals surface area (Å²) in [6.45, 7) is 4.61. The van der Waals surface area contributed by atoms with E-state index in [1.54, 1.807) is 24.3 Å². The summed E-state index contributed by atoms with van der Waals surface area (Å²) < 4.78 is 5.50. The molecule has 1 saturated carbocycles. The molecule has 2 saturated heterocycles. The van der Waals surface area contributed by atoms with Gasteiger partial charge in [0.2, 0.25) is 5.91 Å². The fourth-order valence-electron chi connectivity index (χ4n) is 6.03. The Hall–Kier alpha value is -2.49. The first-order valence-corrected chi connectivity index (χ1v) is 11.7. The Kier molecular flexibility index (Phi) is 6.24. The van der Waals surface area contributed by atoms with Gasteiger partial charge in [-0.3, -0.25) is 14.4 Å². The Morgan fingerprint density at radius 2 is 1.73 bits per heavy atom. The molecule has 2 aliphatic heterocycles. The maximum atomic E-state index is 13.8. The van der Waals surface area contributed by atoms with Crippen molar-refractivity contribution < 1.29 is 28.9 Å². The first-order valence-electron chi connectivity index (χ1n) is 11.7. The highest BCUT2D eigenvalue weighted by Crippen LogP contribution is 2.61. The van der Waals surface area contributed by atoms with Crippen molar-refractivity contribution in [2.75, 3.05) is 23.7 Å². The summed E-state index contributed by atoms with van der Waals surface area (Å²) in [5, 5.41) is 28.0. The first kappa shape index (κ1) is 23.7. The van der Waals surface area contributed by atoms with Gasteiger partial charge in [-0.15, -0.1) is 0 Å². The molecule has 0 spiro atoms. The van der Waals surface area contributed by atoms with E-state index in [0.29, 0.717) is 17.9 Å². The summed E-state index contributed by atoms with van der Waals surface area (Å²) in [6, 6.07) is 6.54. The van der Waals surface area contributed by atoms with Crippen LogP contribution in [0.1, 0.15) is 58.8 Å². The molecular weight excluding hydrogens is 426 g/mol. The predicted molar refractivity (Wildman–Crippen MR) is 122 cm³/mol. The molecule has 3 aliphatic rings. The molecule has 1 aliphatic carbocycles. The fourth-order valence-corrected chi connectivity index (χ4v) is 6.03. The third-order valence-corrected chi connectivity index (χ3v) is 7.64. The Morgan fingerprint density at radius 3 is 2.36 bits per heavy atom. The molecule has 0 radical (unpaired) electrons. The summed E-state index contributed by atoms with van der Waals surface area (Å²) in [6.07, 6.45) is 3.87. The molecule has 2 unspecified atom stereocenters. The predicted octanol–water partition coefficient (Wildman–Crippen LogP) is 3.25. The van der Waals surface area contributed by atoms with Crippen molar-refractivity contribution in [3.05, 3.63) is 29.5 Å². The van der Waals surface area contributed by atoms with Gasteiger partial charge in [0, 0.05) is 36.1 Å². The number of carbonyl (C=O) groups is 3. The van der Waals surface area contributed by atoms with Crippen LogP contribution in [-0.2, 0) is 19.1 Å². The number of amides is 2. The summed E-state index contributed by atoms with van der Waals surface area (Å²) in [5.41, 5.74) is 0.833. The van der Waals surface area contributed by atoms with Crippen molar-refractivity contribution in [2.24, 2.45) is 5.41 Å². The lowest BCUT2D eigenvalue weighted by Crippen LogP contribution is -2.66. The van der Waals surface area contributed by atoms with Gasteiger partial charge in [-0.1, -0.05) is 6.92 Å². The molecule has 2 amide bonds. The third kappa shape index (κ3) is 4.90. The van der Waals surface area contributed by atoms with Gasteiger partial charge in [-0.25, -0.2) is 0 Å². The van der Waals surface area contributed by atoms with E-state index in [0.717, 1.165) is 25.7 Å². The summed E-state index contributed by atoms with van der Waals surface area (Å²) in [5.74, 6) is -1.51. The number of epoxide rings is 1. The van der Waals surface area contributed by atoms with Crippen molar-refractivity contribution in [2.45, 2.75) is 76.5 Å².